The van der Waals surface area contributed by atoms with Crippen molar-refractivity contribution in [2.75, 3.05) is 6.61 Å². The summed E-state index contributed by atoms with van der Waals surface area (Å²) in [6.45, 7) is 1.81. The SMILES string of the molecule is C[C@H](CCO)NC(=O)Cc1cccc([N+](=O)[O-])c1. The fraction of sp³-hybridized carbons (Fsp3) is 0.417. The summed E-state index contributed by atoms with van der Waals surface area (Å²) in [5.41, 5.74) is 0.571. The first kappa shape index (κ1) is 14.1. The van der Waals surface area contributed by atoms with Crippen molar-refractivity contribution < 1.29 is 14.8 Å². The highest BCUT2D eigenvalue weighted by Gasteiger charge is 2.10. The Morgan fingerprint density at radius 1 is 1.56 bits per heavy atom. The third kappa shape index (κ3) is 4.50. The lowest BCUT2D eigenvalue weighted by atomic mass is 10.1. The monoisotopic (exact) mass is 252 g/mol. The van der Waals surface area contributed by atoms with Gasteiger partial charge in [0.05, 0.1) is 11.3 Å². The van der Waals surface area contributed by atoms with Gasteiger partial charge in [0.15, 0.2) is 0 Å². The molecule has 18 heavy (non-hydrogen) atoms. The van der Waals surface area contributed by atoms with Crippen LogP contribution < -0.4 is 5.32 Å². The van der Waals surface area contributed by atoms with Gasteiger partial charge in [0.1, 0.15) is 0 Å². The van der Waals surface area contributed by atoms with Crippen LogP contribution in [0.4, 0.5) is 5.69 Å². The molecule has 0 spiro atoms. The molecular weight excluding hydrogens is 236 g/mol. The number of nitrogens with zero attached hydrogens (tertiary/aromatic N) is 1. The summed E-state index contributed by atoms with van der Waals surface area (Å²) in [6.07, 6.45) is 0.581. The molecule has 0 heterocycles. The normalized spacial score (nSPS) is 11.9. The molecule has 1 aromatic carbocycles. The smallest absolute Gasteiger partial charge is 0.269 e. The molecule has 0 unspecified atom stereocenters. The van der Waals surface area contributed by atoms with E-state index in [0.717, 1.165) is 0 Å². The van der Waals surface area contributed by atoms with Gasteiger partial charge in [0.2, 0.25) is 5.91 Å². The van der Waals surface area contributed by atoms with E-state index in [1.165, 1.54) is 12.1 Å². The third-order valence-electron chi connectivity index (χ3n) is 2.46. The van der Waals surface area contributed by atoms with E-state index in [1.807, 2.05) is 0 Å². The van der Waals surface area contributed by atoms with Crippen LogP contribution in [0.5, 0.6) is 0 Å². The number of nitro groups is 1. The van der Waals surface area contributed by atoms with Crippen LogP contribution in [-0.4, -0.2) is 28.6 Å². The Bertz CT molecular complexity index is 434. The zero-order chi connectivity index (χ0) is 13.5. The summed E-state index contributed by atoms with van der Waals surface area (Å²) in [6, 6.07) is 5.88. The largest absolute Gasteiger partial charge is 0.396 e. The molecule has 0 aliphatic heterocycles. The van der Waals surface area contributed by atoms with Gasteiger partial charge in [0, 0.05) is 24.8 Å². The number of hydrogen-bond donors (Lipinski definition) is 2. The fourth-order valence-electron chi connectivity index (χ4n) is 1.56. The summed E-state index contributed by atoms with van der Waals surface area (Å²) in [5, 5.41) is 22.0. The minimum Gasteiger partial charge on any atom is -0.396 e. The molecule has 0 aliphatic carbocycles. The van der Waals surface area contributed by atoms with Crippen LogP contribution in [-0.2, 0) is 11.2 Å². The Hall–Kier alpha value is -1.95. The van der Waals surface area contributed by atoms with Crippen molar-refractivity contribution >= 4 is 11.6 Å². The quantitative estimate of drug-likeness (QED) is 0.584. The van der Waals surface area contributed by atoms with Crippen LogP contribution in [0.2, 0.25) is 0 Å². The summed E-state index contributed by atoms with van der Waals surface area (Å²) in [7, 11) is 0. The lowest BCUT2D eigenvalue weighted by Crippen LogP contribution is -2.34. The van der Waals surface area contributed by atoms with Gasteiger partial charge in [-0.15, -0.1) is 0 Å². The van der Waals surface area contributed by atoms with Crippen molar-refractivity contribution in [1.29, 1.82) is 0 Å². The molecule has 0 radical (unpaired) electrons. The van der Waals surface area contributed by atoms with Crippen molar-refractivity contribution in [1.82, 2.24) is 5.32 Å². The van der Waals surface area contributed by atoms with E-state index in [0.29, 0.717) is 12.0 Å². The van der Waals surface area contributed by atoms with Gasteiger partial charge in [-0.05, 0) is 18.9 Å². The van der Waals surface area contributed by atoms with Crippen molar-refractivity contribution in [3.63, 3.8) is 0 Å². The molecule has 0 saturated carbocycles. The average molecular weight is 252 g/mol. The average Bonchev–Trinajstić information content (AvgIpc) is 2.29. The van der Waals surface area contributed by atoms with Gasteiger partial charge in [-0.2, -0.15) is 0 Å². The van der Waals surface area contributed by atoms with E-state index in [-0.39, 0.29) is 30.7 Å². The standard InChI is InChI=1S/C12H16N2O4/c1-9(5-6-15)13-12(16)8-10-3-2-4-11(7-10)14(17)18/h2-4,7,9,15H,5-6,8H2,1H3,(H,13,16)/t9-/m1/s1. The number of carbonyl (C=O) groups excluding carboxylic acids is 1. The first-order valence-electron chi connectivity index (χ1n) is 5.66. The topological polar surface area (TPSA) is 92.5 Å². The molecular formula is C12H16N2O4. The number of carbonyl (C=O) groups is 1. The van der Waals surface area contributed by atoms with E-state index in [4.69, 9.17) is 5.11 Å². The van der Waals surface area contributed by atoms with Gasteiger partial charge in [-0.25, -0.2) is 0 Å². The molecule has 1 rings (SSSR count). The molecule has 6 nitrogen and oxygen atoms in total. The van der Waals surface area contributed by atoms with Crippen molar-refractivity contribution in [2.45, 2.75) is 25.8 Å². The predicted molar refractivity (Wildman–Crippen MR) is 66.1 cm³/mol. The van der Waals surface area contributed by atoms with Crippen LogP contribution in [0.25, 0.3) is 0 Å². The Kier molecular flexibility index (Phi) is 5.26. The van der Waals surface area contributed by atoms with E-state index in [1.54, 1.807) is 19.1 Å². The minimum absolute atomic E-state index is 0.0122. The van der Waals surface area contributed by atoms with Gasteiger partial charge in [-0.3, -0.25) is 14.9 Å². The first-order valence-corrected chi connectivity index (χ1v) is 5.66. The second-order valence-corrected chi connectivity index (χ2v) is 4.08. The summed E-state index contributed by atoms with van der Waals surface area (Å²) in [4.78, 5) is 21.7. The molecule has 1 amide bonds. The fourth-order valence-corrected chi connectivity index (χ4v) is 1.56. The predicted octanol–water partition coefficient (Wildman–Crippen LogP) is 1.02. The summed E-state index contributed by atoms with van der Waals surface area (Å²) < 4.78 is 0. The second-order valence-electron chi connectivity index (χ2n) is 4.08. The number of benzene rings is 1. The van der Waals surface area contributed by atoms with E-state index in [2.05, 4.69) is 5.32 Å². The van der Waals surface area contributed by atoms with Crippen LogP contribution >= 0.6 is 0 Å². The number of amides is 1. The molecule has 0 bridgehead atoms. The summed E-state index contributed by atoms with van der Waals surface area (Å²) in [5.74, 6) is -0.212. The van der Waals surface area contributed by atoms with Crippen molar-refractivity contribution in [2.24, 2.45) is 0 Å². The van der Waals surface area contributed by atoms with Crippen LogP contribution in [0.15, 0.2) is 24.3 Å². The lowest BCUT2D eigenvalue weighted by Gasteiger charge is -2.12. The maximum Gasteiger partial charge on any atom is 0.269 e. The zero-order valence-electron chi connectivity index (χ0n) is 10.1. The summed E-state index contributed by atoms with van der Waals surface area (Å²) >= 11 is 0. The van der Waals surface area contributed by atoms with Gasteiger partial charge >= 0.3 is 0 Å². The van der Waals surface area contributed by atoms with E-state index < -0.39 is 4.92 Å². The maximum atomic E-state index is 11.6. The maximum absolute atomic E-state index is 11.6. The van der Waals surface area contributed by atoms with Gasteiger partial charge < -0.3 is 10.4 Å². The second kappa shape index (κ2) is 6.70. The molecule has 98 valence electrons. The molecule has 1 aromatic rings. The number of nitrogens with one attached hydrogen (secondary N) is 1. The number of non-ortho nitro benzene ring substituents is 1. The van der Waals surface area contributed by atoms with Crippen molar-refractivity contribution in [3.8, 4) is 0 Å². The van der Waals surface area contributed by atoms with Crippen LogP contribution in [0, 0.1) is 10.1 Å². The van der Waals surface area contributed by atoms with Crippen molar-refractivity contribution in [3.05, 3.63) is 39.9 Å². The van der Waals surface area contributed by atoms with Crippen LogP contribution in [0.3, 0.4) is 0 Å². The lowest BCUT2D eigenvalue weighted by molar-refractivity contribution is -0.384. The number of rotatable bonds is 6. The Labute approximate surface area is 105 Å². The van der Waals surface area contributed by atoms with Crippen LogP contribution in [0.1, 0.15) is 18.9 Å². The molecule has 0 saturated heterocycles. The number of aliphatic hydroxyl groups is 1. The van der Waals surface area contributed by atoms with E-state index in [9.17, 15) is 14.9 Å². The number of nitro benzene ring substituents is 1. The highest BCUT2D eigenvalue weighted by atomic mass is 16.6. The van der Waals surface area contributed by atoms with Gasteiger partial charge in [-0.1, -0.05) is 12.1 Å². The first-order chi connectivity index (χ1) is 8.52. The third-order valence-corrected chi connectivity index (χ3v) is 2.46. The highest BCUT2D eigenvalue weighted by molar-refractivity contribution is 5.79. The highest BCUT2D eigenvalue weighted by Crippen LogP contribution is 2.13. The molecule has 0 aromatic heterocycles. The Morgan fingerprint density at radius 3 is 2.89 bits per heavy atom. The molecule has 6 heteroatoms. The molecule has 1 atom stereocenters. The minimum atomic E-state index is -0.490. The number of aliphatic hydroxyl groups excluding tert-OH is 1. The zero-order valence-corrected chi connectivity index (χ0v) is 10.1. The van der Waals surface area contributed by atoms with E-state index >= 15 is 0 Å². The molecule has 0 fully saturated rings. The Balaban J connectivity index is 2.59. The Morgan fingerprint density at radius 2 is 2.28 bits per heavy atom. The molecule has 0 aliphatic rings. The molecule has 2 N–H and O–H groups in total. The number of hydrogen-bond acceptors (Lipinski definition) is 4. The van der Waals surface area contributed by atoms with Gasteiger partial charge in [0.25, 0.3) is 5.69 Å².